The van der Waals surface area contributed by atoms with Crippen molar-refractivity contribution in [2.24, 2.45) is 0 Å². The van der Waals surface area contributed by atoms with Crippen molar-refractivity contribution in [3.05, 3.63) is 274 Å². The topological polar surface area (TPSA) is 70.6 Å². The Labute approximate surface area is 541 Å². The molecule has 6 heterocycles. The average molecular weight is 1510 g/mol. The molecule has 3 radical (unpaired) electrons. The van der Waals surface area contributed by atoms with Crippen LogP contribution in [-0.4, -0.2) is 91.1 Å². The summed E-state index contributed by atoms with van der Waals surface area (Å²) < 4.78 is 43.4. The van der Waals surface area contributed by atoms with Gasteiger partial charge in [0.2, 0.25) is 9.84 Å². The second-order valence-electron chi connectivity index (χ2n) is 20.3. The van der Waals surface area contributed by atoms with Crippen molar-refractivity contribution in [1.29, 1.82) is 0 Å². The summed E-state index contributed by atoms with van der Waals surface area (Å²) in [6.07, 6.45) is 6.22. The summed E-state index contributed by atoms with van der Waals surface area (Å²) in [7, 11) is 2.71. The molecular formula is C69H54N6O3Rh3SSe2. The van der Waals surface area contributed by atoms with E-state index in [4.69, 9.17) is 0 Å². The van der Waals surface area contributed by atoms with Crippen LogP contribution in [0.3, 0.4) is 0 Å². The maximum Gasteiger partial charge on any atom is 2.00 e. The predicted octanol–water partition coefficient (Wildman–Crippen LogP) is 11.9. The molecular weight excluding hydrogens is 1460 g/mol. The minimum absolute atomic E-state index is 0. The van der Waals surface area contributed by atoms with E-state index in [1.54, 1.807) is 18.2 Å². The van der Waals surface area contributed by atoms with E-state index in [9.17, 15) is 12.3 Å². The third kappa shape index (κ3) is 10.8. The Morgan fingerprint density at radius 1 is 0.429 bits per heavy atom. The normalized spacial score (nSPS) is 18.4. The molecule has 0 spiro atoms. The van der Waals surface area contributed by atoms with Crippen molar-refractivity contribution in [1.82, 2.24) is 14.7 Å². The van der Waals surface area contributed by atoms with Gasteiger partial charge in [-0.25, -0.2) is 8.42 Å². The fourth-order valence-electron chi connectivity index (χ4n) is 11.2. The monoisotopic (exact) mass is 1510 g/mol. The van der Waals surface area contributed by atoms with E-state index in [0.717, 1.165) is 70.8 Å². The molecule has 15 heteroatoms. The van der Waals surface area contributed by atoms with Gasteiger partial charge in [-0.1, -0.05) is 30.0 Å². The number of anilines is 3. The molecule has 0 aliphatic carbocycles. The third-order valence-electron chi connectivity index (χ3n) is 15.7. The number of fused-ring (bicyclic) bond motifs is 9. The van der Waals surface area contributed by atoms with Crippen molar-refractivity contribution in [2.75, 3.05) is 35.8 Å². The van der Waals surface area contributed by atoms with Crippen LogP contribution in [0.1, 0.15) is 16.7 Å². The molecule has 423 valence electrons. The number of hydrogen-bond donors (Lipinski definition) is 0. The van der Waals surface area contributed by atoms with Gasteiger partial charge in [0.25, 0.3) is 0 Å². The van der Waals surface area contributed by atoms with Gasteiger partial charge in [-0.15, -0.1) is 6.07 Å². The minimum atomic E-state index is -3.44. The second kappa shape index (κ2) is 24.9. The van der Waals surface area contributed by atoms with Gasteiger partial charge in [0.1, 0.15) is 0 Å². The molecule has 15 rings (SSSR count). The fourth-order valence-corrected chi connectivity index (χ4v) is 18.1. The number of sulfone groups is 1. The molecule has 4 unspecified atom stereocenters. The molecule has 0 saturated carbocycles. The van der Waals surface area contributed by atoms with Crippen molar-refractivity contribution < 1.29 is 70.7 Å². The van der Waals surface area contributed by atoms with Crippen molar-refractivity contribution in [3.63, 3.8) is 0 Å². The smallest absolute Gasteiger partial charge is 2.00 e. The van der Waals surface area contributed by atoms with E-state index in [1.165, 1.54) is 30.6 Å². The summed E-state index contributed by atoms with van der Waals surface area (Å²) in [6, 6.07) is 76.3. The summed E-state index contributed by atoms with van der Waals surface area (Å²) in [5.74, 6) is 0. The van der Waals surface area contributed by atoms with Crippen LogP contribution in [0.25, 0.3) is 58.6 Å². The van der Waals surface area contributed by atoms with Gasteiger partial charge < -0.3 is 16.7 Å². The fraction of sp³-hybridized carbons (Fsp3) is 0.0870. The Balaban J connectivity index is 0.000000138. The quantitative estimate of drug-likeness (QED) is 0.120. The van der Waals surface area contributed by atoms with Gasteiger partial charge >= 0.3 is 382 Å². The van der Waals surface area contributed by atoms with Gasteiger partial charge in [0, 0.05) is 24.4 Å². The molecule has 0 amide bonds. The molecule has 0 fully saturated rings. The molecule has 84 heavy (non-hydrogen) atoms. The Morgan fingerprint density at radius 3 is 1.39 bits per heavy atom. The second-order valence-corrected chi connectivity index (χ2v) is 27.4. The van der Waals surface area contributed by atoms with Crippen molar-refractivity contribution in [3.8, 4) is 22.3 Å². The molecule has 10 aromatic rings. The van der Waals surface area contributed by atoms with Gasteiger partial charge in [0.05, 0.1) is 15.5 Å². The van der Waals surface area contributed by atoms with Crippen LogP contribution in [0, 0.1) is 39.0 Å². The molecule has 9 aromatic carbocycles. The molecule has 0 N–H and O–H groups in total. The number of rotatable bonds is 6. The van der Waals surface area contributed by atoms with Crippen LogP contribution in [-0.2, 0) is 72.1 Å². The zero-order valence-electron chi connectivity index (χ0n) is 45.8. The van der Waals surface area contributed by atoms with Crippen LogP contribution in [0.15, 0.2) is 229 Å². The minimum Gasteiger partial charge on any atom is 2.00 e. The Bertz CT molecular complexity index is 4330. The number of benzene rings is 9. The van der Waals surface area contributed by atoms with Gasteiger partial charge in [-0.05, 0) is 29.9 Å². The largest absolute Gasteiger partial charge is 2.00 e. The first-order valence-corrected chi connectivity index (χ1v) is 32.1. The standard InChI is InChI=1S/C23H18N2O2S.C23H18N2OSe.C23H18N2Se.3Rh/c1-16-24(2)21(15-25(16)18-8-4-3-5-9-18)17-12-13-23-20(14-17)19-10-6-7-11-22(19)28(23,26)27;1-16-24(2)21(15-25(16)18-8-4-3-5-9-18)17-12-13-23-20(14-17)19-10-6-7-11-22(19)27(23)26;1-16-24(2)21(15-25(16)18-8-4-3-5-9-18)17-12-13-23-20(14-17)19-10-6-7-11-22(19)26-23;;;/h3-8,10-16H,1H2,2H3;3-8,10-16H,1H2,2H3;3-8,10-16H,1H2,2H3;;;/q3*-2;3*+2. The SMILES string of the molecule is [CH2-]C1N(C)C(c2ccc3[se]c4ccccc4c3c2)=CN1c1[c-]cccc1.[CH2-]C1N(C)C(c2ccc3c(c2)-c2ccccc2S3(=O)=O)=CN1c1[c-]cccc1.[CH2-]C1N(C)C(c2ccc3c(c2)-c2ccccc2[Se]3=O)=CN1c1[c-]cccc1.[Rh+2].[Rh+2].[Rh+2]. The summed E-state index contributed by atoms with van der Waals surface area (Å²) in [5, 5.41) is 2.78. The summed E-state index contributed by atoms with van der Waals surface area (Å²) in [5.41, 5.74) is 13.3. The summed E-state index contributed by atoms with van der Waals surface area (Å²) in [6.45, 7) is 12.9. The molecule has 5 aliphatic rings. The molecule has 1 aromatic heterocycles. The molecule has 5 aliphatic heterocycles. The predicted molar refractivity (Wildman–Crippen MR) is 331 cm³/mol. The first-order valence-electron chi connectivity index (χ1n) is 26.5. The molecule has 9 nitrogen and oxygen atoms in total. The van der Waals surface area contributed by atoms with E-state index < -0.39 is 23.7 Å². The van der Waals surface area contributed by atoms with E-state index in [2.05, 4.69) is 162 Å². The maximum absolute atomic E-state index is 12.8. The zero-order chi connectivity index (χ0) is 55.7. The average Bonchev–Trinajstić information content (AvgIpc) is 2.59. The van der Waals surface area contributed by atoms with E-state index in [1.807, 2.05) is 129 Å². The van der Waals surface area contributed by atoms with Crippen LogP contribution in [0.2, 0.25) is 0 Å². The van der Waals surface area contributed by atoms with Crippen LogP contribution >= 0.6 is 0 Å². The Kier molecular flexibility index (Phi) is 18.0. The van der Waals surface area contributed by atoms with Crippen molar-refractivity contribution in [2.45, 2.75) is 28.3 Å². The van der Waals surface area contributed by atoms with E-state index in [-0.39, 0.29) is 76.9 Å². The van der Waals surface area contributed by atoms with Gasteiger partial charge in [-0.2, -0.15) is 24.3 Å². The third-order valence-corrected chi connectivity index (χ3v) is 23.2. The number of nitrogens with zero attached hydrogens (tertiary/aromatic N) is 6. The maximum atomic E-state index is 12.8. The molecule has 0 bridgehead atoms. The molecule has 4 atom stereocenters. The van der Waals surface area contributed by atoms with Crippen LogP contribution < -0.4 is 23.6 Å². The van der Waals surface area contributed by atoms with Crippen LogP contribution in [0.5, 0.6) is 0 Å². The van der Waals surface area contributed by atoms with E-state index in [0.29, 0.717) is 24.3 Å². The van der Waals surface area contributed by atoms with Gasteiger partial charge in [-0.3, -0.25) is 0 Å². The summed E-state index contributed by atoms with van der Waals surface area (Å²) >= 11 is -1.73. The molecule has 0 saturated heterocycles. The summed E-state index contributed by atoms with van der Waals surface area (Å²) in [4.78, 5) is 13.6. The number of hydrogen-bond acceptors (Lipinski definition) is 9. The zero-order valence-corrected chi connectivity index (χ0v) is 54.9. The Morgan fingerprint density at radius 2 is 0.845 bits per heavy atom. The van der Waals surface area contributed by atoms with Gasteiger partial charge in [0.15, 0.2) is 0 Å². The van der Waals surface area contributed by atoms with Crippen molar-refractivity contribution >= 4 is 101 Å². The van der Waals surface area contributed by atoms with E-state index >= 15 is 0 Å². The first-order chi connectivity index (χ1) is 39.3. The first kappa shape index (κ1) is 60.8. The van der Waals surface area contributed by atoms with Crippen LogP contribution in [0.4, 0.5) is 17.1 Å². The number of para-hydroxylation sites is 3. The Hall–Kier alpha value is -6.34.